The van der Waals surface area contributed by atoms with E-state index in [4.69, 9.17) is 4.74 Å². The van der Waals surface area contributed by atoms with E-state index >= 15 is 0 Å². The number of aliphatic hydroxyl groups is 1. The van der Waals surface area contributed by atoms with Crippen molar-refractivity contribution in [2.75, 3.05) is 19.7 Å². The molecule has 4 N–H and O–H groups in total. The van der Waals surface area contributed by atoms with E-state index in [9.17, 15) is 14.3 Å². The molecule has 0 radical (unpaired) electrons. The van der Waals surface area contributed by atoms with Crippen molar-refractivity contribution in [1.29, 1.82) is 0 Å². The quantitative estimate of drug-likeness (QED) is 0.362. The number of nitrogens with zero attached hydrogens (tertiary/aromatic N) is 1. The van der Waals surface area contributed by atoms with Gasteiger partial charge in [0.1, 0.15) is 24.3 Å². The Morgan fingerprint density at radius 3 is 2.70 bits per heavy atom. The lowest BCUT2D eigenvalue weighted by molar-refractivity contribution is -0.126. The Hall–Kier alpha value is -2.35. The van der Waals surface area contributed by atoms with E-state index in [1.54, 1.807) is 0 Å². The minimum Gasteiger partial charge on any atom is -0.491 e. The molecule has 0 spiro atoms. The minimum absolute atomic E-state index is 0.0104. The number of carbonyl (C=O) groups excluding carboxylic acids is 1. The van der Waals surface area contributed by atoms with Crippen molar-refractivity contribution in [3.63, 3.8) is 0 Å². The molecule has 3 unspecified atom stereocenters. The first-order valence-electron chi connectivity index (χ1n) is 10.8. The van der Waals surface area contributed by atoms with Crippen LogP contribution in [0.1, 0.15) is 46.5 Å². The van der Waals surface area contributed by atoms with Crippen LogP contribution in [0.5, 0.6) is 5.75 Å². The first-order chi connectivity index (χ1) is 14.4. The second-order valence-electron chi connectivity index (χ2n) is 8.01. The summed E-state index contributed by atoms with van der Waals surface area (Å²) in [6.07, 6.45) is 2.85. The molecular formula is C22H35FN4O3. The molecule has 2 rings (SSSR count). The van der Waals surface area contributed by atoms with E-state index in [0.29, 0.717) is 18.3 Å². The van der Waals surface area contributed by atoms with Gasteiger partial charge in [0.2, 0.25) is 5.91 Å². The Kier molecular flexibility index (Phi) is 9.86. The first kappa shape index (κ1) is 23.9. The van der Waals surface area contributed by atoms with Gasteiger partial charge in [-0.3, -0.25) is 9.79 Å². The second kappa shape index (κ2) is 12.4. The molecule has 0 aromatic heterocycles. The average molecular weight is 423 g/mol. The Balaban J connectivity index is 1.83. The number of hydrogen-bond donors (Lipinski definition) is 4. The molecule has 8 heteroatoms. The zero-order chi connectivity index (χ0) is 21.9. The number of amides is 1. The van der Waals surface area contributed by atoms with Crippen molar-refractivity contribution in [3.05, 3.63) is 30.1 Å². The Morgan fingerprint density at radius 2 is 2.03 bits per heavy atom. The lowest BCUT2D eigenvalue weighted by Gasteiger charge is -2.30. The monoisotopic (exact) mass is 422 g/mol. The van der Waals surface area contributed by atoms with Crippen LogP contribution in [0.25, 0.3) is 0 Å². The van der Waals surface area contributed by atoms with Gasteiger partial charge in [0.05, 0.1) is 6.54 Å². The molecular weight excluding hydrogens is 387 g/mol. The number of aliphatic hydroxyl groups excluding tert-OH is 1. The second-order valence-corrected chi connectivity index (χ2v) is 8.01. The Bertz CT molecular complexity index is 681. The van der Waals surface area contributed by atoms with E-state index in [1.807, 2.05) is 20.8 Å². The fraction of sp³-hybridized carbons (Fsp3) is 0.636. The molecule has 1 fully saturated rings. The molecule has 1 amide bonds. The van der Waals surface area contributed by atoms with E-state index in [-0.39, 0.29) is 42.9 Å². The highest BCUT2D eigenvalue weighted by Crippen LogP contribution is 2.24. The van der Waals surface area contributed by atoms with Gasteiger partial charge < -0.3 is 25.8 Å². The third-order valence-corrected chi connectivity index (χ3v) is 4.88. The van der Waals surface area contributed by atoms with Crippen molar-refractivity contribution >= 4 is 11.9 Å². The summed E-state index contributed by atoms with van der Waals surface area (Å²) in [5, 5.41) is 19.8. The summed E-state index contributed by atoms with van der Waals surface area (Å²) >= 11 is 0. The number of halogens is 1. The summed E-state index contributed by atoms with van der Waals surface area (Å²) in [6.45, 7) is 6.84. The molecule has 0 aliphatic heterocycles. The van der Waals surface area contributed by atoms with E-state index in [1.165, 1.54) is 24.3 Å². The zero-order valence-corrected chi connectivity index (χ0v) is 18.2. The number of ether oxygens (including phenoxy) is 1. The molecule has 0 bridgehead atoms. The van der Waals surface area contributed by atoms with Crippen LogP contribution < -0.4 is 20.7 Å². The number of guanidine groups is 1. The fourth-order valence-corrected chi connectivity index (χ4v) is 3.45. The van der Waals surface area contributed by atoms with Crippen LogP contribution >= 0.6 is 0 Å². The largest absolute Gasteiger partial charge is 0.491 e. The van der Waals surface area contributed by atoms with Gasteiger partial charge in [0.15, 0.2) is 5.96 Å². The number of nitrogens with one attached hydrogen (secondary N) is 3. The summed E-state index contributed by atoms with van der Waals surface area (Å²) in [5.41, 5.74) is 0. The highest BCUT2D eigenvalue weighted by Gasteiger charge is 2.28. The molecule has 1 aromatic rings. The number of rotatable bonds is 9. The van der Waals surface area contributed by atoms with E-state index in [2.05, 4.69) is 20.9 Å². The van der Waals surface area contributed by atoms with Gasteiger partial charge in [-0.15, -0.1) is 0 Å². The Labute approximate surface area is 178 Å². The third-order valence-electron chi connectivity index (χ3n) is 4.88. The fourth-order valence-electron chi connectivity index (χ4n) is 3.45. The predicted octanol–water partition coefficient (Wildman–Crippen LogP) is 2.20. The van der Waals surface area contributed by atoms with Crippen LogP contribution in [0.2, 0.25) is 0 Å². The van der Waals surface area contributed by atoms with Gasteiger partial charge in [-0.2, -0.15) is 0 Å². The summed E-state index contributed by atoms with van der Waals surface area (Å²) < 4.78 is 18.4. The lowest BCUT2D eigenvalue weighted by Crippen LogP contribution is -2.47. The number of carbonyl (C=O) groups is 1. The highest BCUT2D eigenvalue weighted by molar-refractivity contribution is 5.81. The molecule has 7 nitrogen and oxygen atoms in total. The van der Waals surface area contributed by atoms with Gasteiger partial charge in [0, 0.05) is 24.5 Å². The SMILES string of the molecule is CCNC(=NCC(O)COc1ccc(F)cc1)NC1CCCC(C(=O)NC(C)C)C1. The maximum atomic E-state index is 12.9. The van der Waals surface area contributed by atoms with Crippen molar-refractivity contribution < 1.29 is 19.0 Å². The van der Waals surface area contributed by atoms with E-state index < -0.39 is 6.10 Å². The molecule has 0 heterocycles. The molecule has 1 aliphatic carbocycles. The molecule has 30 heavy (non-hydrogen) atoms. The van der Waals surface area contributed by atoms with Gasteiger partial charge in [0.25, 0.3) is 0 Å². The molecule has 3 atom stereocenters. The smallest absolute Gasteiger partial charge is 0.223 e. The number of benzene rings is 1. The van der Waals surface area contributed by atoms with Crippen molar-refractivity contribution in [2.45, 2.75) is 64.6 Å². The van der Waals surface area contributed by atoms with E-state index in [0.717, 1.165) is 25.7 Å². The molecule has 1 saturated carbocycles. The molecule has 1 aromatic carbocycles. The summed E-state index contributed by atoms with van der Waals surface area (Å²) in [7, 11) is 0. The van der Waals surface area contributed by atoms with Crippen LogP contribution in [0, 0.1) is 11.7 Å². The minimum atomic E-state index is -0.790. The van der Waals surface area contributed by atoms with Gasteiger partial charge >= 0.3 is 0 Å². The number of hydrogen-bond acceptors (Lipinski definition) is 4. The van der Waals surface area contributed by atoms with Gasteiger partial charge in [-0.05, 0) is 64.3 Å². The van der Waals surface area contributed by atoms with Crippen LogP contribution in [0.4, 0.5) is 4.39 Å². The predicted molar refractivity (Wildman–Crippen MR) is 116 cm³/mol. The standard InChI is InChI=1S/C22H35FN4O3/c1-4-24-22(25-13-19(28)14-30-20-10-8-17(23)9-11-20)27-18-7-5-6-16(12-18)21(29)26-15(2)3/h8-11,15-16,18-19,28H,4-7,12-14H2,1-3H3,(H,26,29)(H2,24,25,27). The van der Waals surface area contributed by atoms with Crippen molar-refractivity contribution in [2.24, 2.45) is 10.9 Å². The van der Waals surface area contributed by atoms with Crippen LogP contribution in [0.15, 0.2) is 29.3 Å². The zero-order valence-electron chi connectivity index (χ0n) is 18.2. The maximum Gasteiger partial charge on any atom is 0.223 e. The van der Waals surface area contributed by atoms with Crippen LogP contribution in [-0.4, -0.2) is 54.9 Å². The summed E-state index contributed by atoms with van der Waals surface area (Å²) in [5.74, 6) is 0.911. The first-order valence-corrected chi connectivity index (χ1v) is 10.8. The average Bonchev–Trinajstić information content (AvgIpc) is 2.71. The number of aliphatic imine (C=N–C) groups is 1. The van der Waals surface area contributed by atoms with Gasteiger partial charge in [-0.25, -0.2) is 4.39 Å². The summed E-state index contributed by atoms with van der Waals surface area (Å²) in [6, 6.07) is 5.96. The van der Waals surface area contributed by atoms with Crippen molar-refractivity contribution in [3.8, 4) is 5.75 Å². The maximum absolute atomic E-state index is 12.9. The highest BCUT2D eigenvalue weighted by atomic mass is 19.1. The molecule has 1 aliphatic rings. The topological polar surface area (TPSA) is 95.0 Å². The van der Waals surface area contributed by atoms with Crippen LogP contribution in [-0.2, 0) is 4.79 Å². The normalized spacial score (nSPS) is 20.5. The van der Waals surface area contributed by atoms with Gasteiger partial charge in [-0.1, -0.05) is 6.42 Å². The lowest BCUT2D eigenvalue weighted by atomic mass is 9.85. The Morgan fingerprint density at radius 1 is 1.30 bits per heavy atom. The molecule has 168 valence electrons. The summed E-state index contributed by atoms with van der Waals surface area (Å²) in [4.78, 5) is 16.8. The molecule has 0 saturated heterocycles. The third kappa shape index (κ3) is 8.57. The van der Waals surface area contributed by atoms with Crippen LogP contribution in [0.3, 0.4) is 0 Å². The van der Waals surface area contributed by atoms with Crippen molar-refractivity contribution in [1.82, 2.24) is 16.0 Å².